The van der Waals surface area contributed by atoms with Gasteiger partial charge in [-0.2, -0.15) is 0 Å². The number of fused-ring (bicyclic) bond motifs is 1. The fraction of sp³-hybridized carbons (Fsp3) is 0.667. The Balaban J connectivity index is 1.90. The van der Waals surface area contributed by atoms with E-state index in [0.717, 1.165) is 37.2 Å². The molecule has 2 fully saturated rings. The number of aromatic nitrogens is 2. The Kier molecular flexibility index (Phi) is 3.22. The van der Waals surface area contributed by atoms with Gasteiger partial charge in [0.25, 0.3) is 5.91 Å². The van der Waals surface area contributed by atoms with Crippen LogP contribution in [0.3, 0.4) is 0 Å². The van der Waals surface area contributed by atoms with Crippen molar-refractivity contribution >= 4 is 23.4 Å². The van der Waals surface area contributed by atoms with Crippen molar-refractivity contribution in [3.8, 4) is 0 Å². The van der Waals surface area contributed by atoms with E-state index in [1.165, 1.54) is 0 Å². The zero-order chi connectivity index (χ0) is 13.4. The van der Waals surface area contributed by atoms with E-state index >= 15 is 0 Å². The van der Waals surface area contributed by atoms with E-state index in [1.807, 2.05) is 0 Å². The predicted molar refractivity (Wildman–Crippen MR) is 67.9 cm³/mol. The molecule has 3 rings (SSSR count). The number of amides is 1. The number of rotatable bonds is 2. The van der Waals surface area contributed by atoms with Crippen molar-refractivity contribution < 1.29 is 14.7 Å². The molecular weight excluding hydrogens is 266 g/mol. The van der Waals surface area contributed by atoms with Gasteiger partial charge in [-0.25, -0.2) is 4.79 Å². The average Bonchev–Trinajstić information content (AvgIpc) is 3.05. The standard InChI is InChI=1S/C12H15N3O3S/c16-11(8-6-19-14-13-8)15-9-4-2-1-3-7(9)5-10(15)12(17)18/h6-7,9-10H,1-5H2,(H,17,18)/t7-,9-,10+/m1/s1. The zero-order valence-electron chi connectivity index (χ0n) is 10.4. The first-order valence-corrected chi connectivity index (χ1v) is 7.34. The van der Waals surface area contributed by atoms with E-state index in [0.29, 0.717) is 12.3 Å². The topological polar surface area (TPSA) is 83.4 Å². The molecule has 2 aliphatic rings. The van der Waals surface area contributed by atoms with Gasteiger partial charge >= 0.3 is 5.97 Å². The van der Waals surface area contributed by atoms with Gasteiger partial charge in [0.05, 0.1) is 0 Å². The van der Waals surface area contributed by atoms with Gasteiger partial charge < -0.3 is 10.0 Å². The number of aliphatic carboxylic acids is 1. The van der Waals surface area contributed by atoms with Crippen molar-refractivity contribution in [1.29, 1.82) is 0 Å². The molecule has 0 spiro atoms. The van der Waals surface area contributed by atoms with Crippen LogP contribution in [0.5, 0.6) is 0 Å². The number of carbonyl (C=O) groups excluding carboxylic acids is 1. The largest absolute Gasteiger partial charge is 0.480 e. The molecule has 19 heavy (non-hydrogen) atoms. The lowest BCUT2D eigenvalue weighted by atomic mass is 9.84. The summed E-state index contributed by atoms with van der Waals surface area (Å²) in [6.07, 6.45) is 4.69. The van der Waals surface area contributed by atoms with Crippen LogP contribution < -0.4 is 0 Å². The Morgan fingerprint density at radius 1 is 1.37 bits per heavy atom. The fourth-order valence-electron chi connectivity index (χ4n) is 3.36. The van der Waals surface area contributed by atoms with E-state index in [9.17, 15) is 14.7 Å². The van der Waals surface area contributed by atoms with Gasteiger partial charge in [-0.1, -0.05) is 17.3 Å². The fourth-order valence-corrected chi connectivity index (χ4v) is 3.79. The number of carboxylic acid groups (broad SMARTS) is 1. The average molecular weight is 281 g/mol. The monoisotopic (exact) mass is 281 g/mol. The van der Waals surface area contributed by atoms with Crippen molar-refractivity contribution in [2.75, 3.05) is 0 Å². The minimum Gasteiger partial charge on any atom is -0.480 e. The van der Waals surface area contributed by atoms with E-state index in [-0.39, 0.29) is 17.6 Å². The first kappa shape index (κ1) is 12.5. The molecule has 1 saturated carbocycles. The molecule has 0 radical (unpaired) electrons. The van der Waals surface area contributed by atoms with E-state index in [4.69, 9.17) is 0 Å². The number of carbonyl (C=O) groups is 2. The van der Waals surface area contributed by atoms with Gasteiger partial charge in [0.1, 0.15) is 6.04 Å². The molecule has 0 bridgehead atoms. The molecule has 7 heteroatoms. The smallest absolute Gasteiger partial charge is 0.326 e. The summed E-state index contributed by atoms with van der Waals surface area (Å²) in [6, 6.07) is -0.647. The molecule has 1 aliphatic heterocycles. The maximum absolute atomic E-state index is 12.4. The Bertz CT molecular complexity index is 490. The molecule has 6 nitrogen and oxygen atoms in total. The number of hydrogen-bond donors (Lipinski definition) is 1. The summed E-state index contributed by atoms with van der Waals surface area (Å²) in [5.41, 5.74) is 0.266. The Morgan fingerprint density at radius 3 is 2.84 bits per heavy atom. The van der Waals surface area contributed by atoms with Crippen molar-refractivity contribution in [3.05, 3.63) is 11.1 Å². The summed E-state index contributed by atoms with van der Waals surface area (Å²) in [7, 11) is 0. The van der Waals surface area contributed by atoms with Gasteiger partial charge in [0.15, 0.2) is 5.69 Å². The molecule has 102 valence electrons. The highest BCUT2D eigenvalue weighted by atomic mass is 32.1. The highest BCUT2D eigenvalue weighted by molar-refractivity contribution is 7.03. The van der Waals surface area contributed by atoms with Gasteiger partial charge in [-0.3, -0.25) is 4.79 Å². The van der Waals surface area contributed by atoms with Gasteiger partial charge in [0, 0.05) is 11.4 Å². The van der Waals surface area contributed by atoms with Gasteiger partial charge in [-0.05, 0) is 36.7 Å². The second-order valence-corrected chi connectivity index (χ2v) is 5.81. The minimum absolute atomic E-state index is 0.0593. The summed E-state index contributed by atoms with van der Waals surface area (Å²) in [5, 5.41) is 14.7. The summed E-state index contributed by atoms with van der Waals surface area (Å²) < 4.78 is 3.69. The normalized spacial score (nSPS) is 30.1. The molecule has 0 aromatic carbocycles. The number of carboxylic acids is 1. The van der Waals surface area contributed by atoms with Crippen LogP contribution in [0.4, 0.5) is 0 Å². The first-order valence-electron chi connectivity index (χ1n) is 6.51. The third-order valence-electron chi connectivity index (χ3n) is 4.19. The molecule has 1 amide bonds. The highest BCUT2D eigenvalue weighted by Gasteiger charge is 2.48. The SMILES string of the molecule is O=C(O)[C@@H]1C[C@H]2CCCC[C@H]2N1C(=O)c1csnn1. The van der Waals surface area contributed by atoms with E-state index in [2.05, 4.69) is 9.59 Å². The zero-order valence-corrected chi connectivity index (χ0v) is 11.2. The van der Waals surface area contributed by atoms with Gasteiger partial charge in [0.2, 0.25) is 0 Å². The Morgan fingerprint density at radius 2 is 2.16 bits per heavy atom. The molecule has 0 unspecified atom stereocenters. The molecule has 1 aliphatic carbocycles. The summed E-state index contributed by atoms with van der Waals surface area (Å²) in [4.78, 5) is 25.4. The number of likely N-dealkylation sites (tertiary alicyclic amines) is 1. The van der Waals surface area contributed by atoms with Crippen LogP contribution in [0.1, 0.15) is 42.6 Å². The van der Waals surface area contributed by atoms with Crippen LogP contribution >= 0.6 is 11.5 Å². The van der Waals surface area contributed by atoms with Crippen LogP contribution in [-0.2, 0) is 4.79 Å². The van der Waals surface area contributed by atoms with Crippen molar-refractivity contribution in [3.63, 3.8) is 0 Å². The van der Waals surface area contributed by atoms with E-state index in [1.54, 1.807) is 10.3 Å². The molecule has 1 aromatic rings. The molecule has 1 aromatic heterocycles. The Labute approximate surface area is 114 Å². The second kappa shape index (κ2) is 4.88. The van der Waals surface area contributed by atoms with Crippen LogP contribution in [-0.4, -0.2) is 43.6 Å². The summed E-state index contributed by atoms with van der Waals surface area (Å²) >= 11 is 1.11. The predicted octanol–water partition coefficient (Wildman–Crippen LogP) is 1.40. The lowest BCUT2D eigenvalue weighted by Gasteiger charge is -2.32. The van der Waals surface area contributed by atoms with Crippen molar-refractivity contribution in [2.24, 2.45) is 5.92 Å². The molecule has 3 atom stereocenters. The maximum atomic E-state index is 12.4. The first-order chi connectivity index (χ1) is 9.18. The third kappa shape index (κ3) is 2.11. The summed E-state index contributed by atoms with van der Waals surface area (Å²) in [5.74, 6) is -0.869. The van der Waals surface area contributed by atoms with Crippen LogP contribution in [0.25, 0.3) is 0 Å². The van der Waals surface area contributed by atoms with Gasteiger partial charge in [-0.15, -0.1) is 5.10 Å². The van der Waals surface area contributed by atoms with Crippen molar-refractivity contribution in [1.82, 2.24) is 14.5 Å². The van der Waals surface area contributed by atoms with Crippen molar-refractivity contribution in [2.45, 2.75) is 44.2 Å². The molecule has 1 N–H and O–H groups in total. The lowest BCUT2D eigenvalue weighted by Crippen LogP contribution is -2.46. The maximum Gasteiger partial charge on any atom is 0.326 e. The highest BCUT2D eigenvalue weighted by Crippen LogP contribution is 2.40. The van der Waals surface area contributed by atoms with Crippen LogP contribution in [0.2, 0.25) is 0 Å². The second-order valence-electron chi connectivity index (χ2n) is 5.20. The quantitative estimate of drug-likeness (QED) is 0.885. The molecular formula is C12H15N3O3S. The molecule has 2 heterocycles. The minimum atomic E-state index is -0.911. The van der Waals surface area contributed by atoms with Crippen LogP contribution in [0.15, 0.2) is 5.38 Å². The lowest BCUT2D eigenvalue weighted by molar-refractivity contribution is -0.141. The van der Waals surface area contributed by atoms with Crippen LogP contribution in [0, 0.1) is 5.92 Å². The summed E-state index contributed by atoms with van der Waals surface area (Å²) in [6.45, 7) is 0. The van der Waals surface area contributed by atoms with E-state index < -0.39 is 12.0 Å². The third-order valence-corrected chi connectivity index (χ3v) is 4.69. The molecule has 1 saturated heterocycles. The Hall–Kier alpha value is -1.50. The number of hydrogen-bond acceptors (Lipinski definition) is 5. The number of nitrogens with zero attached hydrogens (tertiary/aromatic N) is 3.